The molecule has 3 rings (SSSR count). The average molecular weight is 403 g/mol. The second-order valence-electron chi connectivity index (χ2n) is 6.60. The molecule has 0 bridgehead atoms. The summed E-state index contributed by atoms with van der Waals surface area (Å²) in [6.45, 7) is 2.16. The Bertz CT molecular complexity index is 1020. The van der Waals surface area contributed by atoms with E-state index < -0.39 is 17.5 Å². The van der Waals surface area contributed by atoms with Gasteiger partial charge in [0, 0.05) is 30.6 Å². The highest BCUT2D eigenvalue weighted by Crippen LogP contribution is 2.50. The summed E-state index contributed by atoms with van der Waals surface area (Å²) in [6.07, 6.45) is 0.992. The third-order valence-electron chi connectivity index (χ3n) is 4.56. The summed E-state index contributed by atoms with van der Waals surface area (Å²) in [5.74, 6) is -1.36. The molecular formula is C19H20F3N7. The van der Waals surface area contributed by atoms with Crippen LogP contribution in [0.3, 0.4) is 0 Å². The largest absolute Gasteiger partial charge is 0.451 e. The third kappa shape index (κ3) is 4.58. The molecule has 0 saturated heterocycles. The van der Waals surface area contributed by atoms with E-state index in [2.05, 4.69) is 15.1 Å². The molecule has 0 aromatic carbocycles. The molecule has 29 heavy (non-hydrogen) atoms. The lowest BCUT2D eigenvalue weighted by Gasteiger charge is -2.12. The maximum absolute atomic E-state index is 12.9. The van der Waals surface area contributed by atoms with Gasteiger partial charge < -0.3 is 5.73 Å². The van der Waals surface area contributed by atoms with E-state index in [1.165, 1.54) is 6.07 Å². The number of hydrogen-bond donors (Lipinski definition) is 3. The Balaban J connectivity index is 1.89. The zero-order valence-corrected chi connectivity index (χ0v) is 15.6. The second-order valence-corrected chi connectivity index (χ2v) is 6.60. The maximum Gasteiger partial charge on any atom is 0.451 e. The van der Waals surface area contributed by atoms with Gasteiger partial charge in [0.25, 0.3) is 0 Å². The van der Waals surface area contributed by atoms with Crippen molar-refractivity contribution >= 4 is 11.5 Å². The Morgan fingerprint density at radius 1 is 1.31 bits per heavy atom. The van der Waals surface area contributed by atoms with Gasteiger partial charge in [-0.2, -0.15) is 23.0 Å². The number of allylic oxidation sites excluding steroid dienone is 2. The molecule has 1 aliphatic carbocycles. The lowest BCUT2D eigenvalue weighted by atomic mass is 10.1. The van der Waals surface area contributed by atoms with E-state index in [0.717, 1.165) is 18.1 Å². The van der Waals surface area contributed by atoms with E-state index in [0.29, 0.717) is 18.0 Å². The number of pyridine rings is 1. The Labute approximate surface area is 164 Å². The Morgan fingerprint density at radius 2 is 2.00 bits per heavy atom. The van der Waals surface area contributed by atoms with Crippen LogP contribution in [0.15, 0.2) is 53.4 Å². The van der Waals surface area contributed by atoms with Crippen LogP contribution in [0.4, 0.5) is 13.2 Å². The fourth-order valence-corrected chi connectivity index (χ4v) is 3.03. The average Bonchev–Trinajstić information content (AvgIpc) is 3.48. The molecule has 2 heterocycles. The van der Waals surface area contributed by atoms with E-state index >= 15 is 0 Å². The van der Waals surface area contributed by atoms with Gasteiger partial charge in [-0.1, -0.05) is 0 Å². The van der Waals surface area contributed by atoms with E-state index in [9.17, 15) is 13.2 Å². The minimum Gasteiger partial charge on any atom is -0.402 e. The van der Waals surface area contributed by atoms with Crippen molar-refractivity contribution in [1.29, 1.82) is 10.8 Å². The van der Waals surface area contributed by atoms with Gasteiger partial charge in [-0.05, 0) is 55.2 Å². The predicted octanol–water partition coefficient (Wildman–Crippen LogP) is 2.60. The van der Waals surface area contributed by atoms with Crippen molar-refractivity contribution in [3.05, 3.63) is 65.2 Å². The van der Waals surface area contributed by atoms with Crippen LogP contribution in [0.2, 0.25) is 0 Å². The van der Waals surface area contributed by atoms with Crippen LogP contribution in [0.5, 0.6) is 0 Å². The van der Waals surface area contributed by atoms with Gasteiger partial charge in [-0.3, -0.25) is 20.8 Å². The molecule has 1 fully saturated rings. The molecule has 2 aromatic rings. The first-order chi connectivity index (χ1) is 13.7. The van der Waals surface area contributed by atoms with Gasteiger partial charge in [0.1, 0.15) is 11.2 Å². The van der Waals surface area contributed by atoms with Crippen molar-refractivity contribution in [2.24, 2.45) is 16.6 Å². The number of hydrogen-bond acceptors (Lipinski definition) is 6. The Kier molecular flexibility index (Phi) is 5.62. The molecule has 2 atom stereocenters. The summed E-state index contributed by atoms with van der Waals surface area (Å²) in [4.78, 5) is 8.29. The monoisotopic (exact) mass is 403 g/mol. The fourth-order valence-electron chi connectivity index (χ4n) is 3.03. The summed E-state index contributed by atoms with van der Waals surface area (Å²) in [6, 6.07) is 6.40. The van der Waals surface area contributed by atoms with Crippen LogP contribution in [-0.4, -0.2) is 39.0 Å². The maximum atomic E-state index is 12.9. The van der Waals surface area contributed by atoms with Crippen molar-refractivity contribution in [3.63, 3.8) is 0 Å². The molecule has 1 saturated carbocycles. The van der Waals surface area contributed by atoms with Crippen molar-refractivity contribution in [2.75, 3.05) is 6.54 Å². The number of aromatic nitrogens is 3. The van der Waals surface area contributed by atoms with Gasteiger partial charge in [0.2, 0.25) is 5.84 Å². The molecule has 7 nitrogen and oxygen atoms in total. The summed E-state index contributed by atoms with van der Waals surface area (Å²) in [5, 5.41) is 18.7. The molecule has 2 unspecified atom stereocenters. The topological polar surface area (TPSA) is 117 Å². The quantitative estimate of drug-likeness (QED) is 0.526. The zero-order chi connectivity index (χ0) is 21.2. The molecule has 0 amide bonds. The molecule has 4 N–H and O–H groups in total. The summed E-state index contributed by atoms with van der Waals surface area (Å²) in [7, 11) is 0. The van der Waals surface area contributed by atoms with E-state index in [1.54, 1.807) is 25.4 Å². The highest BCUT2D eigenvalue weighted by atomic mass is 19.4. The minimum atomic E-state index is -4.92. The van der Waals surface area contributed by atoms with Gasteiger partial charge in [0.15, 0.2) is 0 Å². The number of nitrogens with one attached hydrogen (secondary N) is 2. The van der Waals surface area contributed by atoms with E-state index in [-0.39, 0.29) is 22.2 Å². The standard InChI is InChI=1S/C19H20F3N7/c1-2-27-16(10-14(23)13-9-12(13)11-5-7-26-8-6-11)15-3-4-17(24)29(28-15)18(25)19(20,21)22/h3-8,10,12-13,24-25H,2,9,23H2,1H3/b14-10-,24-17?,25-18?,27-16?. The Morgan fingerprint density at radius 3 is 2.62 bits per heavy atom. The summed E-state index contributed by atoms with van der Waals surface area (Å²) in [5.41, 5.74) is 7.81. The SMILES string of the molecule is CCN=C(/C=C(\N)C1CC1c1ccncc1)c1ccc(=N)n(C(=N)C(F)(F)F)n1. The highest BCUT2D eigenvalue weighted by Gasteiger charge is 2.40. The normalized spacial score (nSPS) is 19.9. The number of nitrogens with two attached hydrogens (primary N) is 1. The number of nitrogens with zero attached hydrogens (tertiary/aromatic N) is 4. The first-order valence-electron chi connectivity index (χ1n) is 8.95. The molecule has 0 radical (unpaired) electrons. The molecular weight excluding hydrogens is 383 g/mol. The van der Waals surface area contributed by atoms with Crippen LogP contribution >= 0.6 is 0 Å². The Hall–Kier alpha value is -3.30. The lowest BCUT2D eigenvalue weighted by Crippen LogP contribution is -2.39. The van der Waals surface area contributed by atoms with Crippen molar-refractivity contribution in [3.8, 4) is 0 Å². The number of alkyl halides is 3. The third-order valence-corrected chi connectivity index (χ3v) is 4.56. The molecule has 0 aliphatic heterocycles. The van der Waals surface area contributed by atoms with Crippen molar-refractivity contribution in [2.45, 2.75) is 25.4 Å². The predicted molar refractivity (Wildman–Crippen MR) is 102 cm³/mol. The molecule has 2 aromatic heterocycles. The van der Waals surface area contributed by atoms with E-state index in [1.807, 2.05) is 12.1 Å². The molecule has 152 valence electrons. The van der Waals surface area contributed by atoms with Gasteiger partial charge in [0.05, 0.1) is 5.71 Å². The van der Waals surface area contributed by atoms with Crippen LogP contribution < -0.4 is 11.2 Å². The zero-order valence-electron chi connectivity index (χ0n) is 15.6. The summed E-state index contributed by atoms with van der Waals surface area (Å²) >= 11 is 0. The first-order valence-corrected chi connectivity index (χ1v) is 8.95. The lowest BCUT2D eigenvalue weighted by molar-refractivity contribution is -0.0632. The number of rotatable bonds is 5. The molecule has 1 aliphatic rings. The van der Waals surface area contributed by atoms with Crippen molar-refractivity contribution < 1.29 is 13.2 Å². The smallest absolute Gasteiger partial charge is 0.402 e. The summed E-state index contributed by atoms with van der Waals surface area (Å²) < 4.78 is 38.9. The number of aliphatic imine (C=N–C) groups is 1. The second kappa shape index (κ2) is 7.98. The molecule has 10 heteroatoms. The van der Waals surface area contributed by atoms with Gasteiger partial charge >= 0.3 is 6.18 Å². The highest BCUT2D eigenvalue weighted by molar-refractivity contribution is 6.07. The molecule has 0 spiro atoms. The fraction of sp³-hybridized carbons (Fsp3) is 0.316. The van der Waals surface area contributed by atoms with Crippen LogP contribution in [0.25, 0.3) is 0 Å². The van der Waals surface area contributed by atoms with Crippen molar-refractivity contribution in [1.82, 2.24) is 14.8 Å². The minimum absolute atomic E-state index is 0.107. The van der Waals surface area contributed by atoms with Gasteiger partial charge in [-0.15, -0.1) is 0 Å². The number of halogens is 3. The van der Waals surface area contributed by atoms with Gasteiger partial charge in [-0.25, -0.2) is 0 Å². The van der Waals surface area contributed by atoms with Crippen LogP contribution in [0, 0.1) is 16.7 Å². The van der Waals surface area contributed by atoms with E-state index in [4.69, 9.17) is 16.6 Å². The van der Waals surface area contributed by atoms with Crippen LogP contribution in [0.1, 0.15) is 30.5 Å². The first kappa shape index (κ1) is 20.4. The van der Waals surface area contributed by atoms with Crippen LogP contribution in [-0.2, 0) is 0 Å².